The highest BCUT2D eigenvalue weighted by atomic mass is 16.5. The first-order valence-electron chi connectivity index (χ1n) is 7.97. The van der Waals surface area contributed by atoms with E-state index >= 15 is 0 Å². The van der Waals surface area contributed by atoms with Crippen molar-refractivity contribution in [2.75, 3.05) is 47.4 Å². The summed E-state index contributed by atoms with van der Waals surface area (Å²) in [6.07, 6.45) is 4.50. The van der Waals surface area contributed by atoms with E-state index in [1.54, 1.807) is 0 Å². The number of hydrogen-bond donors (Lipinski definition) is 0. The molecule has 2 rings (SSSR count). The Morgan fingerprint density at radius 3 is 2.45 bits per heavy atom. The maximum absolute atomic E-state index is 5.87. The fourth-order valence-electron chi connectivity index (χ4n) is 3.13. The Hall–Kier alpha value is -0.160. The smallest absolute Gasteiger partial charge is 0.0713 e. The lowest BCUT2D eigenvalue weighted by Crippen LogP contribution is -2.52. The van der Waals surface area contributed by atoms with Crippen LogP contribution < -0.4 is 0 Å². The van der Waals surface area contributed by atoms with E-state index in [4.69, 9.17) is 9.47 Å². The molecule has 4 heteroatoms. The van der Waals surface area contributed by atoms with Gasteiger partial charge in [-0.05, 0) is 47.2 Å². The average molecular weight is 284 g/mol. The highest BCUT2D eigenvalue weighted by Crippen LogP contribution is 2.47. The number of rotatable bonds is 7. The Bertz CT molecular complexity index is 303. The van der Waals surface area contributed by atoms with Gasteiger partial charge < -0.3 is 14.4 Å². The monoisotopic (exact) mass is 284 g/mol. The van der Waals surface area contributed by atoms with Gasteiger partial charge in [0.05, 0.1) is 18.8 Å². The van der Waals surface area contributed by atoms with Crippen molar-refractivity contribution in [3.8, 4) is 0 Å². The summed E-state index contributed by atoms with van der Waals surface area (Å²) in [6, 6.07) is 0.607. The molecule has 0 bridgehead atoms. The van der Waals surface area contributed by atoms with Crippen molar-refractivity contribution in [1.29, 1.82) is 0 Å². The maximum Gasteiger partial charge on any atom is 0.0713 e. The van der Waals surface area contributed by atoms with Gasteiger partial charge in [0.15, 0.2) is 0 Å². The van der Waals surface area contributed by atoms with Crippen LogP contribution in [0.2, 0.25) is 0 Å². The molecule has 1 aliphatic heterocycles. The van der Waals surface area contributed by atoms with E-state index in [-0.39, 0.29) is 0 Å². The molecule has 0 unspecified atom stereocenters. The molecular formula is C16H32N2O2. The summed E-state index contributed by atoms with van der Waals surface area (Å²) in [4.78, 5) is 4.93. The standard InChI is InChI=1S/C16H32N2O2/c1-13(2)20-12-16(6-7-16)11-18-9-14(17(3)4)8-15(10-18)19-5/h13-15H,6-12H2,1-5H3/t14-,15-/m0/s1. The van der Waals surface area contributed by atoms with Crippen LogP contribution in [0.4, 0.5) is 0 Å². The fraction of sp³-hybridized carbons (Fsp3) is 1.00. The molecule has 0 spiro atoms. The van der Waals surface area contributed by atoms with Gasteiger partial charge in [0, 0.05) is 38.2 Å². The first kappa shape index (κ1) is 16.2. The lowest BCUT2D eigenvalue weighted by atomic mass is 9.99. The van der Waals surface area contributed by atoms with Crippen molar-refractivity contribution in [3.63, 3.8) is 0 Å². The summed E-state index contributed by atoms with van der Waals surface area (Å²) in [7, 11) is 6.20. The van der Waals surface area contributed by atoms with E-state index in [0.29, 0.717) is 23.7 Å². The molecule has 2 atom stereocenters. The third-order valence-electron chi connectivity index (χ3n) is 4.77. The molecule has 0 amide bonds. The summed E-state index contributed by atoms with van der Waals surface area (Å²) in [6.45, 7) is 8.58. The van der Waals surface area contributed by atoms with Crippen molar-refractivity contribution < 1.29 is 9.47 Å². The van der Waals surface area contributed by atoms with Gasteiger partial charge in [-0.2, -0.15) is 0 Å². The summed E-state index contributed by atoms with van der Waals surface area (Å²) >= 11 is 0. The second-order valence-corrected chi connectivity index (χ2v) is 7.26. The summed E-state index contributed by atoms with van der Waals surface area (Å²) in [5, 5.41) is 0. The van der Waals surface area contributed by atoms with E-state index < -0.39 is 0 Å². The summed E-state index contributed by atoms with van der Waals surface area (Å²) in [5.41, 5.74) is 0.427. The van der Waals surface area contributed by atoms with Crippen LogP contribution in [0.3, 0.4) is 0 Å². The largest absolute Gasteiger partial charge is 0.380 e. The lowest BCUT2D eigenvalue weighted by Gasteiger charge is -2.41. The van der Waals surface area contributed by atoms with Gasteiger partial charge in [-0.25, -0.2) is 0 Å². The van der Waals surface area contributed by atoms with E-state index in [9.17, 15) is 0 Å². The highest BCUT2D eigenvalue weighted by Gasteiger charge is 2.45. The number of piperidine rings is 1. The van der Waals surface area contributed by atoms with Crippen LogP contribution in [0.15, 0.2) is 0 Å². The Morgan fingerprint density at radius 2 is 1.95 bits per heavy atom. The van der Waals surface area contributed by atoms with Crippen molar-refractivity contribution in [2.45, 2.75) is 51.4 Å². The highest BCUT2D eigenvalue weighted by molar-refractivity contribution is 4.97. The molecule has 1 aliphatic carbocycles. The molecule has 0 aromatic rings. The fourth-order valence-corrected chi connectivity index (χ4v) is 3.13. The Balaban J connectivity index is 1.87. The van der Waals surface area contributed by atoms with Crippen LogP contribution in [0.25, 0.3) is 0 Å². The van der Waals surface area contributed by atoms with Crippen LogP contribution in [0.1, 0.15) is 33.1 Å². The van der Waals surface area contributed by atoms with Crippen LogP contribution in [-0.4, -0.2) is 75.5 Å². The molecule has 0 radical (unpaired) electrons. The van der Waals surface area contributed by atoms with Gasteiger partial charge in [0.1, 0.15) is 0 Å². The topological polar surface area (TPSA) is 24.9 Å². The van der Waals surface area contributed by atoms with Crippen molar-refractivity contribution in [3.05, 3.63) is 0 Å². The Labute approximate surface area is 124 Å². The second-order valence-electron chi connectivity index (χ2n) is 7.26. The molecule has 4 nitrogen and oxygen atoms in total. The van der Waals surface area contributed by atoms with Crippen LogP contribution >= 0.6 is 0 Å². The van der Waals surface area contributed by atoms with Crippen molar-refractivity contribution in [2.24, 2.45) is 5.41 Å². The molecule has 0 N–H and O–H groups in total. The van der Waals surface area contributed by atoms with Gasteiger partial charge in [-0.1, -0.05) is 0 Å². The van der Waals surface area contributed by atoms with E-state index in [1.165, 1.54) is 19.4 Å². The molecule has 2 aliphatic rings. The number of ether oxygens (including phenoxy) is 2. The first-order valence-corrected chi connectivity index (χ1v) is 7.97. The Kier molecular flexibility index (Phi) is 5.46. The minimum Gasteiger partial charge on any atom is -0.380 e. The molecule has 0 aromatic carbocycles. The van der Waals surface area contributed by atoms with Gasteiger partial charge in [0.25, 0.3) is 0 Å². The molecule has 0 aromatic heterocycles. The second kappa shape index (κ2) is 6.73. The van der Waals surface area contributed by atoms with Crippen molar-refractivity contribution >= 4 is 0 Å². The number of likely N-dealkylation sites (tertiary alicyclic amines) is 1. The number of methoxy groups -OCH3 is 1. The minimum absolute atomic E-state index is 0.343. The SMILES string of the molecule is CO[C@H]1C[C@H](N(C)C)CN(CC2(COC(C)C)CC2)C1. The number of nitrogens with zero attached hydrogens (tertiary/aromatic N) is 2. The molecule has 20 heavy (non-hydrogen) atoms. The molecule has 1 saturated heterocycles. The summed E-state index contributed by atoms with van der Waals surface area (Å²) < 4.78 is 11.5. The van der Waals surface area contributed by atoms with Crippen molar-refractivity contribution in [1.82, 2.24) is 9.80 Å². The van der Waals surface area contributed by atoms with Gasteiger partial charge in [0.2, 0.25) is 0 Å². The third-order valence-corrected chi connectivity index (χ3v) is 4.77. The minimum atomic E-state index is 0.343. The quantitative estimate of drug-likeness (QED) is 0.712. The molecular weight excluding hydrogens is 252 g/mol. The molecule has 1 heterocycles. The molecule has 1 saturated carbocycles. The Morgan fingerprint density at radius 1 is 1.25 bits per heavy atom. The number of hydrogen-bond acceptors (Lipinski definition) is 4. The predicted molar refractivity (Wildman–Crippen MR) is 82.1 cm³/mol. The van der Waals surface area contributed by atoms with Gasteiger partial charge in [-0.3, -0.25) is 4.90 Å². The van der Waals surface area contributed by atoms with Gasteiger partial charge in [-0.15, -0.1) is 0 Å². The first-order chi connectivity index (χ1) is 9.44. The molecule has 118 valence electrons. The maximum atomic E-state index is 5.87. The summed E-state index contributed by atoms with van der Waals surface area (Å²) in [5.74, 6) is 0. The number of likely N-dealkylation sites (N-methyl/N-ethyl adjacent to an activating group) is 1. The van der Waals surface area contributed by atoms with E-state index in [2.05, 4.69) is 37.7 Å². The lowest BCUT2D eigenvalue weighted by molar-refractivity contribution is -0.0217. The normalized spacial score (nSPS) is 30.1. The van der Waals surface area contributed by atoms with E-state index in [1.807, 2.05) is 7.11 Å². The average Bonchev–Trinajstić information content (AvgIpc) is 3.16. The van der Waals surface area contributed by atoms with Crippen LogP contribution in [0, 0.1) is 5.41 Å². The zero-order valence-electron chi connectivity index (χ0n) is 13.9. The van der Waals surface area contributed by atoms with Crippen LogP contribution in [-0.2, 0) is 9.47 Å². The molecule has 2 fully saturated rings. The zero-order valence-corrected chi connectivity index (χ0v) is 13.9. The van der Waals surface area contributed by atoms with E-state index in [0.717, 1.165) is 26.1 Å². The zero-order chi connectivity index (χ0) is 14.8. The van der Waals surface area contributed by atoms with Crippen LogP contribution in [0.5, 0.6) is 0 Å². The van der Waals surface area contributed by atoms with Gasteiger partial charge >= 0.3 is 0 Å². The third kappa shape index (κ3) is 4.42. The predicted octanol–water partition coefficient (Wildman–Crippen LogP) is 1.84.